The van der Waals surface area contributed by atoms with Crippen LogP contribution in [0, 0.1) is 0 Å². The molecule has 2 rings (SSSR count). The third kappa shape index (κ3) is 7.81. The molecule has 0 aliphatic carbocycles. The minimum Gasteiger partial charge on any atom is -0.494 e. The Hall–Kier alpha value is -2.16. The number of rotatable bonds is 12. The van der Waals surface area contributed by atoms with Crippen LogP contribution in [0.2, 0.25) is 0 Å². The van der Waals surface area contributed by atoms with Crippen molar-refractivity contribution in [1.29, 1.82) is 0 Å². The van der Waals surface area contributed by atoms with Crippen LogP contribution >= 0.6 is 0 Å². The highest BCUT2D eigenvalue weighted by atomic mass is 16.5. The van der Waals surface area contributed by atoms with E-state index in [1.165, 1.54) is 44.1 Å². The number of azo groups is 1. The van der Waals surface area contributed by atoms with Crippen molar-refractivity contribution in [2.75, 3.05) is 6.61 Å². The number of nitrogens with zero attached hydrogens (tertiary/aromatic N) is 2. The van der Waals surface area contributed by atoms with Crippen LogP contribution in [-0.4, -0.2) is 6.61 Å². The highest BCUT2D eigenvalue weighted by Crippen LogP contribution is 2.22. The quantitative estimate of drug-likeness (QED) is 0.283. The molecule has 0 aliphatic rings. The Morgan fingerprint density at radius 3 is 1.85 bits per heavy atom. The van der Waals surface area contributed by atoms with E-state index in [1.54, 1.807) is 0 Å². The van der Waals surface area contributed by atoms with Gasteiger partial charge < -0.3 is 4.74 Å². The van der Waals surface area contributed by atoms with Gasteiger partial charge in [-0.25, -0.2) is 0 Å². The molecule has 0 fully saturated rings. The second kappa shape index (κ2) is 12.2. The maximum Gasteiger partial charge on any atom is 0.119 e. The van der Waals surface area contributed by atoms with Crippen molar-refractivity contribution in [1.82, 2.24) is 0 Å². The first kappa shape index (κ1) is 20.2. The molecule has 0 radical (unpaired) electrons. The molecule has 0 aromatic heterocycles. The van der Waals surface area contributed by atoms with E-state index in [1.807, 2.05) is 36.4 Å². The second-order valence-electron chi connectivity index (χ2n) is 6.73. The van der Waals surface area contributed by atoms with Crippen molar-refractivity contribution in [3.05, 3.63) is 54.1 Å². The van der Waals surface area contributed by atoms with Crippen molar-refractivity contribution in [3.8, 4) is 5.75 Å². The molecule has 0 spiro atoms. The molecule has 0 aliphatic heterocycles. The molecule has 0 saturated heterocycles. The summed E-state index contributed by atoms with van der Waals surface area (Å²) in [6.45, 7) is 5.24. The summed E-state index contributed by atoms with van der Waals surface area (Å²) in [5, 5.41) is 8.62. The molecular formula is C23H32N2O. The number of ether oxygens (including phenoxy) is 1. The molecule has 26 heavy (non-hydrogen) atoms. The predicted molar refractivity (Wildman–Crippen MR) is 110 cm³/mol. The summed E-state index contributed by atoms with van der Waals surface area (Å²) in [4.78, 5) is 0. The van der Waals surface area contributed by atoms with E-state index in [0.29, 0.717) is 0 Å². The van der Waals surface area contributed by atoms with Crippen LogP contribution in [0.25, 0.3) is 0 Å². The SMILES string of the molecule is CCCCCCCOc1ccc(N=Nc2ccc(CCCC)cc2)cc1. The summed E-state index contributed by atoms with van der Waals surface area (Å²) < 4.78 is 5.78. The molecule has 0 bridgehead atoms. The minimum absolute atomic E-state index is 0.787. The normalized spacial score (nSPS) is 11.2. The lowest BCUT2D eigenvalue weighted by Crippen LogP contribution is -1.96. The molecule has 0 saturated carbocycles. The lowest BCUT2D eigenvalue weighted by molar-refractivity contribution is 0.304. The molecule has 140 valence electrons. The van der Waals surface area contributed by atoms with Crippen molar-refractivity contribution in [3.63, 3.8) is 0 Å². The summed E-state index contributed by atoms with van der Waals surface area (Å²) in [6.07, 6.45) is 9.86. The third-order valence-corrected chi connectivity index (χ3v) is 4.39. The molecular weight excluding hydrogens is 320 g/mol. The zero-order chi connectivity index (χ0) is 18.5. The highest BCUT2D eigenvalue weighted by molar-refractivity contribution is 5.43. The second-order valence-corrected chi connectivity index (χ2v) is 6.73. The predicted octanol–water partition coefficient (Wildman–Crippen LogP) is 7.79. The molecule has 0 unspecified atom stereocenters. The number of aryl methyl sites for hydroxylation is 1. The number of hydrogen-bond donors (Lipinski definition) is 0. The fraction of sp³-hybridized carbons (Fsp3) is 0.478. The van der Waals surface area contributed by atoms with E-state index in [2.05, 4.69) is 36.2 Å². The molecule has 3 heteroatoms. The largest absolute Gasteiger partial charge is 0.494 e. The number of benzene rings is 2. The number of hydrogen-bond acceptors (Lipinski definition) is 3. The Kier molecular flexibility index (Phi) is 9.48. The van der Waals surface area contributed by atoms with Gasteiger partial charge in [-0.05, 0) is 61.2 Å². The molecule has 0 atom stereocenters. The Balaban J connectivity index is 1.76. The molecule has 3 nitrogen and oxygen atoms in total. The van der Waals surface area contributed by atoms with Crippen LogP contribution in [0.5, 0.6) is 5.75 Å². The van der Waals surface area contributed by atoms with Gasteiger partial charge in [0.2, 0.25) is 0 Å². The van der Waals surface area contributed by atoms with Gasteiger partial charge in [-0.15, -0.1) is 0 Å². The van der Waals surface area contributed by atoms with Crippen LogP contribution in [0.1, 0.15) is 64.4 Å². The fourth-order valence-corrected chi connectivity index (χ4v) is 2.73. The summed E-state index contributed by atoms with van der Waals surface area (Å²) in [7, 11) is 0. The van der Waals surface area contributed by atoms with E-state index in [0.717, 1.165) is 36.6 Å². The van der Waals surface area contributed by atoms with Crippen molar-refractivity contribution in [2.24, 2.45) is 10.2 Å². The lowest BCUT2D eigenvalue weighted by atomic mass is 10.1. The standard InChI is InChI=1S/C23H32N2O/c1-3-5-7-8-9-19-26-23-17-15-22(16-18-23)25-24-21-13-11-20(12-14-21)10-6-4-2/h11-18H,3-10,19H2,1-2H3. The van der Waals surface area contributed by atoms with Crippen molar-refractivity contribution >= 4 is 11.4 Å². The van der Waals surface area contributed by atoms with Gasteiger partial charge in [-0.3, -0.25) is 0 Å². The van der Waals surface area contributed by atoms with Crippen LogP contribution in [-0.2, 0) is 6.42 Å². The number of unbranched alkanes of at least 4 members (excludes halogenated alkanes) is 5. The average molecular weight is 353 g/mol. The van der Waals surface area contributed by atoms with Gasteiger partial charge in [0, 0.05) is 0 Å². The van der Waals surface area contributed by atoms with Gasteiger partial charge in [-0.1, -0.05) is 58.1 Å². The highest BCUT2D eigenvalue weighted by Gasteiger charge is 1.97. The molecule has 0 N–H and O–H groups in total. The maximum atomic E-state index is 5.78. The van der Waals surface area contributed by atoms with Gasteiger partial charge in [0.05, 0.1) is 18.0 Å². The third-order valence-electron chi connectivity index (χ3n) is 4.39. The fourth-order valence-electron chi connectivity index (χ4n) is 2.73. The zero-order valence-electron chi connectivity index (χ0n) is 16.3. The van der Waals surface area contributed by atoms with Gasteiger partial charge in [0.15, 0.2) is 0 Å². The Labute approximate surface area is 158 Å². The monoisotopic (exact) mass is 352 g/mol. The summed E-state index contributed by atoms with van der Waals surface area (Å²) in [5.74, 6) is 0.903. The maximum absolute atomic E-state index is 5.78. The van der Waals surface area contributed by atoms with Crippen molar-refractivity contribution < 1.29 is 4.74 Å². The van der Waals surface area contributed by atoms with E-state index in [-0.39, 0.29) is 0 Å². The van der Waals surface area contributed by atoms with Crippen LogP contribution in [0.15, 0.2) is 58.8 Å². The first-order chi connectivity index (χ1) is 12.8. The first-order valence-electron chi connectivity index (χ1n) is 10.1. The van der Waals surface area contributed by atoms with E-state index < -0.39 is 0 Å². The molecule has 2 aromatic carbocycles. The Bertz CT molecular complexity index is 632. The summed E-state index contributed by atoms with van der Waals surface area (Å²) in [6, 6.07) is 16.2. The van der Waals surface area contributed by atoms with Crippen LogP contribution in [0.4, 0.5) is 11.4 Å². The minimum atomic E-state index is 0.787. The smallest absolute Gasteiger partial charge is 0.119 e. The van der Waals surface area contributed by atoms with Gasteiger partial charge >= 0.3 is 0 Å². The van der Waals surface area contributed by atoms with E-state index in [4.69, 9.17) is 4.74 Å². The van der Waals surface area contributed by atoms with E-state index >= 15 is 0 Å². The molecule has 2 aromatic rings. The van der Waals surface area contributed by atoms with Crippen LogP contribution in [0.3, 0.4) is 0 Å². The summed E-state index contributed by atoms with van der Waals surface area (Å²) >= 11 is 0. The van der Waals surface area contributed by atoms with Gasteiger partial charge in [0.25, 0.3) is 0 Å². The average Bonchev–Trinajstić information content (AvgIpc) is 2.69. The van der Waals surface area contributed by atoms with E-state index in [9.17, 15) is 0 Å². The molecule has 0 amide bonds. The Morgan fingerprint density at radius 1 is 0.654 bits per heavy atom. The summed E-state index contributed by atoms with van der Waals surface area (Å²) in [5.41, 5.74) is 3.09. The van der Waals surface area contributed by atoms with Gasteiger partial charge in [-0.2, -0.15) is 10.2 Å². The molecule has 0 heterocycles. The van der Waals surface area contributed by atoms with Crippen LogP contribution < -0.4 is 4.74 Å². The zero-order valence-corrected chi connectivity index (χ0v) is 16.3. The first-order valence-corrected chi connectivity index (χ1v) is 10.1. The lowest BCUT2D eigenvalue weighted by Gasteiger charge is -2.06. The van der Waals surface area contributed by atoms with Crippen molar-refractivity contribution in [2.45, 2.75) is 65.2 Å². The Morgan fingerprint density at radius 2 is 1.23 bits per heavy atom. The van der Waals surface area contributed by atoms with Gasteiger partial charge in [0.1, 0.15) is 5.75 Å². The topological polar surface area (TPSA) is 34.0 Å².